The lowest BCUT2D eigenvalue weighted by atomic mass is 10.1. The lowest BCUT2D eigenvalue weighted by Crippen LogP contribution is -2.06. The van der Waals surface area contributed by atoms with Crippen molar-refractivity contribution < 1.29 is 35.3 Å². The van der Waals surface area contributed by atoms with Crippen molar-refractivity contribution in [2.24, 2.45) is 0 Å². The highest BCUT2D eigenvalue weighted by atomic mass is 19.4. The van der Waals surface area contributed by atoms with Crippen LogP contribution in [0.4, 0.5) is 36.4 Å². The van der Waals surface area contributed by atoms with E-state index >= 15 is 0 Å². The highest BCUT2D eigenvalue weighted by molar-refractivity contribution is 5.89. The molecule has 4 rings (SSSR count). The standard InChI is InChI=1S/C20H9F7N4O/c1-28-14-4-5-15-11(17(14)20(25,26)27)6-7-31(15)9-16-29-18(32-30-16)12-8-10(19(22,23)24)2-3-13(12)21/h2-8H,9H2. The number of aromatic nitrogens is 3. The van der Waals surface area contributed by atoms with Crippen LogP contribution in [0.5, 0.6) is 0 Å². The van der Waals surface area contributed by atoms with E-state index in [1.54, 1.807) is 0 Å². The third kappa shape index (κ3) is 3.77. The lowest BCUT2D eigenvalue weighted by Gasteiger charge is -2.11. The maximum absolute atomic E-state index is 14.0. The Bertz CT molecular complexity index is 1360. The molecule has 0 bridgehead atoms. The van der Waals surface area contributed by atoms with E-state index in [9.17, 15) is 30.7 Å². The van der Waals surface area contributed by atoms with E-state index in [1.807, 2.05) is 0 Å². The van der Waals surface area contributed by atoms with Gasteiger partial charge in [0.2, 0.25) is 0 Å². The van der Waals surface area contributed by atoms with Crippen molar-refractivity contribution in [3.8, 4) is 11.5 Å². The van der Waals surface area contributed by atoms with Crippen LogP contribution in [-0.2, 0) is 18.9 Å². The molecule has 0 aliphatic carbocycles. The summed E-state index contributed by atoms with van der Waals surface area (Å²) in [6.07, 6.45) is -8.16. The number of hydrogen-bond acceptors (Lipinski definition) is 3. The van der Waals surface area contributed by atoms with Gasteiger partial charge in [0.15, 0.2) is 11.5 Å². The SMILES string of the molecule is [C-]#[N+]c1ccc2c(ccn2Cc2noc(-c3cc(C(F)(F)F)ccc3F)n2)c1C(F)(F)F. The molecule has 0 fully saturated rings. The van der Waals surface area contributed by atoms with Gasteiger partial charge in [0.25, 0.3) is 5.89 Å². The first-order valence-corrected chi connectivity index (χ1v) is 8.75. The fraction of sp³-hybridized carbons (Fsp3) is 0.150. The molecule has 2 aromatic heterocycles. The quantitative estimate of drug-likeness (QED) is 0.264. The predicted octanol–water partition coefficient (Wildman–Crippen LogP) is 6.47. The topological polar surface area (TPSA) is 48.2 Å². The van der Waals surface area contributed by atoms with Crippen LogP contribution in [0.2, 0.25) is 0 Å². The third-order valence-corrected chi connectivity index (χ3v) is 4.64. The molecule has 0 spiro atoms. The number of benzene rings is 2. The zero-order valence-electron chi connectivity index (χ0n) is 15.6. The first-order chi connectivity index (χ1) is 15.0. The highest BCUT2D eigenvalue weighted by Crippen LogP contribution is 2.41. The summed E-state index contributed by atoms with van der Waals surface area (Å²) in [5.74, 6) is -1.62. The molecule has 0 atom stereocenters. The Hall–Kier alpha value is -3.88. The van der Waals surface area contributed by atoms with Crippen molar-refractivity contribution in [1.29, 1.82) is 0 Å². The Kier molecular flexibility index (Phi) is 4.92. The molecular formula is C20H9F7N4O. The van der Waals surface area contributed by atoms with E-state index < -0.39 is 46.4 Å². The highest BCUT2D eigenvalue weighted by Gasteiger charge is 2.36. The molecule has 12 heteroatoms. The van der Waals surface area contributed by atoms with Crippen molar-refractivity contribution in [2.45, 2.75) is 18.9 Å². The number of hydrogen-bond donors (Lipinski definition) is 0. The van der Waals surface area contributed by atoms with Gasteiger partial charge in [0.05, 0.1) is 29.8 Å². The minimum Gasteiger partial charge on any atom is -0.340 e. The molecule has 2 heterocycles. The van der Waals surface area contributed by atoms with Crippen LogP contribution in [0.3, 0.4) is 0 Å². The molecule has 0 aliphatic rings. The molecule has 2 aromatic carbocycles. The molecule has 0 amide bonds. The Balaban J connectivity index is 1.71. The molecule has 0 aliphatic heterocycles. The van der Waals surface area contributed by atoms with Gasteiger partial charge in [0.1, 0.15) is 5.82 Å². The van der Waals surface area contributed by atoms with Crippen LogP contribution in [0.1, 0.15) is 17.0 Å². The smallest absolute Gasteiger partial charge is 0.340 e. The summed E-state index contributed by atoms with van der Waals surface area (Å²) in [6, 6.07) is 5.26. The number of nitrogens with zero attached hydrogens (tertiary/aromatic N) is 4. The van der Waals surface area contributed by atoms with Crippen molar-refractivity contribution in [2.75, 3.05) is 0 Å². The van der Waals surface area contributed by atoms with Gasteiger partial charge in [-0.3, -0.25) is 0 Å². The first kappa shape index (κ1) is 21.4. The van der Waals surface area contributed by atoms with Gasteiger partial charge in [-0.1, -0.05) is 11.2 Å². The number of alkyl halides is 6. The molecule has 0 saturated heterocycles. The normalized spacial score (nSPS) is 12.3. The first-order valence-electron chi connectivity index (χ1n) is 8.75. The second kappa shape index (κ2) is 7.37. The van der Waals surface area contributed by atoms with Gasteiger partial charge < -0.3 is 9.09 Å². The molecule has 0 radical (unpaired) electrons. The largest absolute Gasteiger partial charge is 0.416 e. The minimum atomic E-state index is -4.76. The molecule has 4 aromatic rings. The summed E-state index contributed by atoms with van der Waals surface area (Å²) in [5, 5.41) is 3.38. The van der Waals surface area contributed by atoms with Crippen molar-refractivity contribution >= 4 is 16.6 Å². The van der Waals surface area contributed by atoms with Gasteiger partial charge in [-0.05, 0) is 30.3 Å². The minimum absolute atomic E-state index is 0.0999. The number of rotatable bonds is 3. The van der Waals surface area contributed by atoms with Crippen LogP contribution in [0.15, 0.2) is 47.1 Å². The van der Waals surface area contributed by atoms with Crippen molar-refractivity contribution in [1.82, 2.24) is 14.7 Å². The Morgan fingerprint density at radius 1 is 1.00 bits per heavy atom. The molecular weight excluding hydrogens is 445 g/mol. The average molecular weight is 454 g/mol. The van der Waals surface area contributed by atoms with Gasteiger partial charge in [-0.2, -0.15) is 31.3 Å². The predicted molar refractivity (Wildman–Crippen MR) is 97.0 cm³/mol. The van der Waals surface area contributed by atoms with Crippen LogP contribution in [-0.4, -0.2) is 14.7 Å². The Labute approximate surface area is 174 Å². The van der Waals surface area contributed by atoms with Crippen LogP contribution >= 0.6 is 0 Å². The zero-order chi connectivity index (χ0) is 23.3. The van der Waals surface area contributed by atoms with Crippen LogP contribution in [0, 0.1) is 12.4 Å². The second-order valence-electron chi connectivity index (χ2n) is 6.65. The van der Waals surface area contributed by atoms with Gasteiger partial charge in [0, 0.05) is 17.1 Å². The van der Waals surface area contributed by atoms with Crippen LogP contribution < -0.4 is 0 Å². The van der Waals surface area contributed by atoms with Crippen molar-refractivity contribution in [3.05, 3.63) is 76.8 Å². The molecule has 0 unspecified atom stereocenters. The molecule has 164 valence electrons. The summed E-state index contributed by atoms with van der Waals surface area (Å²) < 4.78 is 99.3. The molecule has 0 saturated carbocycles. The Morgan fingerprint density at radius 2 is 1.75 bits per heavy atom. The summed E-state index contributed by atoms with van der Waals surface area (Å²) in [4.78, 5) is 6.79. The molecule has 32 heavy (non-hydrogen) atoms. The lowest BCUT2D eigenvalue weighted by molar-refractivity contribution is -0.137. The van der Waals surface area contributed by atoms with Gasteiger partial charge in [-0.15, -0.1) is 0 Å². The van der Waals surface area contributed by atoms with Gasteiger partial charge in [-0.25, -0.2) is 9.24 Å². The third-order valence-electron chi connectivity index (χ3n) is 4.64. The number of fused-ring (bicyclic) bond motifs is 1. The summed E-state index contributed by atoms with van der Waals surface area (Å²) in [6.45, 7) is 6.76. The maximum atomic E-state index is 14.0. The van der Waals surface area contributed by atoms with E-state index in [0.29, 0.717) is 18.2 Å². The van der Waals surface area contributed by atoms with E-state index in [0.717, 1.165) is 6.07 Å². The van der Waals surface area contributed by atoms with E-state index in [4.69, 9.17) is 11.1 Å². The Morgan fingerprint density at radius 3 is 2.41 bits per heavy atom. The van der Waals surface area contributed by atoms with Crippen LogP contribution in [0.25, 0.3) is 27.2 Å². The summed E-state index contributed by atoms with van der Waals surface area (Å²) in [7, 11) is 0. The summed E-state index contributed by atoms with van der Waals surface area (Å²) in [5.41, 5.74) is -3.17. The van der Waals surface area contributed by atoms with E-state index in [1.165, 1.54) is 22.9 Å². The fourth-order valence-electron chi connectivity index (χ4n) is 3.24. The number of halogens is 7. The zero-order valence-corrected chi connectivity index (χ0v) is 15.6. The van der Waals surface area contributed by atoms with Crippen molar-refractivity contribution in [3.63, 3.8) is 0 Å². The fourth-order valence-corrected chi connectivity index (χ4v) is 3.24. The molecule has 5 nitrogen and oxygen atoms in total. The van der Waals surface area contributed by atoms with E-state index in [2.05, 4.69) is 15.0 Å². The monoisotopic (exact) mass is 454 g/mol. The second-order valence-corrected chi connectivity index (χ2v) is 6.65. The average Bonchev–Trinajstić information content (AvgIpc) is 3.33. The van der Waals surface area contributed by atoms with Gasteiger partial charge >= 0.3 is 12.4 Å². The molecule has 0 N–H and O–H groups in total. The maximum Gasteiger partial charge on any atom is 0.416 e. The summed E-state index contributed by atoms with van der Waals surface area (Å²) >= 11 is 0. The van der Waals surface area contributed by atoms with E-state index in [-0.39, 0.29) is 23.3 Å².